The third kappa shape index (κ3) is 2.88. The first-order valence-corrected chi connectivity index (χ1v) is 7.34. The quantitative estimate of drug-likeness (QED) is 0.852. The molecular weight excluding hydrogens is 268 g/mol. The number of carbonyl (C=O) groups is 1. The van der Waals surface area contributed by atoms with Crippen molar-refractivity contribution in [2.75, 3.05) is 13.1 Å². The molecule has 2 heterocycles. The zero-order valence-corrected chi connectivity index (χ0v) is 12.1. The summed E-state index contributed by atoms with van der Waals surface area (Å²) in [6, 6.07) is 7.95. The van der Waals surface area contributed by atoms with Crippen molar-refractivity contribution in [1.82, 2.24) is 9.88 Å². The van der Waals surface area contributed by atoms with E-state index in [0.717, 1.165) is 30.4 Å². The number of aryl methyl sites for hydroxylation is 1. The Morgan fingerprint density at radius 3 is 2.90 bits per heavy atom. The second kappa shape index (κ2) is 5.77. The Kier molecular flexibility index (Phi) is 3.84. The molecule has 0 saturated carbocycles. The van der Waals surface area contributed by atoms with Crippen molar-refractivity contribution < 1.29 is 14.6 Å². The van der Waals surface area contributed by atoms with Gasteiger partial charge < -0.3 is 19.7 Å². The average Bonchev–Trinajstić information content (AvgIpc) is 2.77. The van der Waals surface area contributed by atoms with Gasteiger partial charge in [-0.1, -0.05) is 18.2 Å². The van der Waals surface area contributed by atoms with Gasteiger partial charge >= 0.3 is 6.16 Å². The molecule has 2 aromatic rings. The van der Waals surface area contributed by atoms with Crippen molar-refractivity contribution in [1.29, 1.82) is 0 Å². The molecule has 0 amide bonds. The number of benzene rings is 1. The molecule has 1 fully saturated rings. The molecule has 2 N–H and O–H groups in total. The van der Waals surface area contributed by atoms with Gasteiger partial charge in [0.15, 0.2) is 0 Å². The van der Waals surface area contributed by atoms with Gasteiger partial charge in [0.25, 0.3) is 0 Å². The number of hydrogen-bond acceptors (Lipinski definition) is 3. The van der Waals surface area contributed by atoms with Crippen LogP contribution in [0.25, 0.3) is 10.9 Å². The zero-order chi connectivity index (χ0) is 14.8. The maximum atomic E-state index is 10.8. The molecule has 0 unspecified atom stereocenters. The normalized spacial score (nSPS) is 16.2. The van der Waals surface area contributed by atoms with Crippen molar-refractivity contribution in [2.45, 2.75) is 19.3 Å². The number of nitrogens with zero attached hydrogens (tertiary/aromatic N) is 1. The number of ether oxygens (including phenoxy) is 1. The molecule has 0 aliphatic carbocycles. The number of para-hydroxylation sites is 1. The molecule has 21 heavy (non-hydrogen) atoms. The van der Waals surface area contributed by atoms with Crippen LogP contribution in [0.4, 0.5) is 4.79 Å². The van der Waals surface area contributed by atoms with Crippen molar-refractivity contribution >= 4 is 17.1 Å². The minimum atomic E-state index is -1.28. The van der Waals surface area contributed by atoms with Crippen LogP contribution < -0.4 is 10.1 Å². The molecule has 1 saturated heterocycles. The maximum Gasteiger partial charge on any atom is 0.512 e. The lowest BCUT2D eigenvalue weighted by molar-refractivity contribution is 0.141. The lowest BCUT2D eigenvalue weighted by atomic mass is 9.90. The Bertz CT molecular complexity index is 657. The second-order valence-corrected chi connectivity index (χ2v) is 5.66. The molecule has 1 aliphatic rings. The summed E-state index contributed by atoms with van der Waals surface area (Å²) < 4.78 is 6.68. The Morgan fingerprint density at radius 2 is 2.19 bits per heavy atom. The van der Waals surface area contributed by atoms with E-state index in [9.17, 15) is 4.79 Å². The maximum absolute atomic E-state index is 10.8. The fourth-order valence-electron chi connectivity index (χ4n) is 3.23. The fraction of sp³-hybridized carbons (Fsp3) is 0.438. The van der Waals surface area contributed by atoms with Gasteiger partial charge in [-0.15, -0.1) is 0 Å². The third-order valence-electron chi connectivity index (χ3n) is 4.25. The smallest absolute Gasteiger partial charge is 0.449 e. The van der Waals surface area contributed by atoms with Crippen molar-refractivity contribution in [3.63, 3.8) is 0 Å². The first-order chi connectivity index (χ1) is 10.1. The minimum absolute atomic E-state index is 0.371. The average molecular weight is 288 g/mol. The van der Waals surface area contributed by atoms with E-state index in [4.69, 9.17) is 9.84 Å². The highest BCUT2D eigenvalue weighted by Crippen LogP contribution is 2.30. The molecule has 3 rings (SSSR count). The molecule has 1 aromatic carbocycles. The Hall–Kier alpha value is -2.01. The van der Waals surface area contributed by atoms with E-state index < -0.39 is 6.16 Å². The summed E-state index contributed by atoms with van der Waals surface area (Å²) in [5.41, 5.74) is 2.34. The third-order valence-corrected chi connectivity index (χ3v) is 4.25. The van der Waals surface area contributed by atoms with Gasteiger partial charge in [0.1, 0.15) is 0 Å². The lowest BCUT2D eigenvalue weighted by Gasteiger charge is -2.23. The highest BCUT2D eigenvalue weighted by Gasteiger charge is 2.17. The van der Waals surface area contributed by atoms with E-state index in [1.165, 1.54) is 18.4 Å². The Balaban J connectivity index is 1.94. The van der Waals surface area contributed by atoms with E-state index in [-0.39, 0.29) is 0 Å². The van der Waals surface area contributed by atoms with Gasteiger partial charge in [-0.2, -0.15) is 0 Å². The molecule has 0 radical (unpaired) electrons. The Labute approximate surface area is 123 Å². The number of carboxylic acid groups (broad SMARTS) is 1. The minimum Gasteiger partial charge on any atom is -0.449 e. The van der Waals surface area contributed by atoms with E-state index in [1.54, 1.807) is 6.07 Å². The predicted molar refractivity (Wildman–Crippen MR) is 80.9 cm³/mol. The van der Waals surface area contributed by atoms with E-state index in [1.807, 2.05) is 23.7 Å². The predicted octanol–water partition coefficient (Wildman–Crippen LogP) is 2.78. The largest absolute Gasteiger partial charge is 0.512 e. The summed E-state index contributed by atoms with van der Waals surface area (Å²) in [6.45, 7) is 2.17. The summed E-state index contributed by atoms with van der Waals surface area (Å²) in [5, 5.41) is 13.2. The summed E-state index contributed by atoms with van der Waals surface area (Å²) in [4.78, 5) is 10.8. The number of piperidine rings is 1. The topological polar surface area (TPSA) is 63.5 Å². The van der Waals surface area contributed by atoms with Crippen molar-refractivity contribution in [2.24, 2.45) is 13.0 Å². The van der Waals surface area contributed by atoms with Crippen LogP contribution in [0.2, 0.25) is 0 Å². The van der Waals surface area contributed by atoms with Gasteiger partial charge in [-0.3, -0.25) is 0 Å². The first kappa shape index (κ1) is 13.9. The molecule has 5 heteroatoms. The van der Waals surface area contributed by atoms with Crippen LogP contribution in [0.3, 0.4) is 0 Å². The van der Waals surface area contributed by atoms with Crippen LogP contribution in [0.1, 0.15) is 18.4 Å². The van der Waals surface area contributed by atoms with E-state index in [0.29, 0.717) is 11.8 Å². The fourth-order valence-corrected chi connectivity index (χ4v) is 3.23. The lowest BCUT2D eigenvalue weighted by Crippen LogP contribution is -2.28. The van der Waals surface area contributed by atoms with Crippen molar-refractivity contribution in [3.05, 3.63) is 29.8 Å². The molecule has 0 atom stereocenters. The SMILES string of the molecule is Cn1c(OC(=O)O)cc2cccc(CC3CCNCC3)c21. The van der Waals surface area contributed by atoms with Crippen LogP contribution in [0.15, 0.2) is 24.3 Å². The van der Waals surface area contributed by atoms with E-state index in [2.05, 4.69) is 11.4 Å². The monoisotopic (exact) mass is 288 g/mol. The molecule has 112 valence electrons. The van der Waals surface area contributed by atoms with E-state index >= 15 is 0 Å². The van der Waals surface area contributed by atoms with Gasteiger partial charge in [0, 0.05) is 18.5 Å². The van der Waals surface area contributed by atoms with Crippen molar-refractivity contribution in [3.8, 4) is 5.88 Å². The zero-order valence-electron chi connectivity index (χ0n) is 12.1. The molecular formula is C16H20N2O3. The molecule has 0 spiro atoms. The van der Waals surface area contributed by atoms with Crippen LogP contribution in [0, 0.1) is 5.92 Å². The molecule has 5 nitrogen and oxygen atoms in total. The standard InChI is InChI=1S/C16H20N2O3/c1-18-14(21-16(19)20)10-13-4-2-3-12(15(13)18)9-11-5-7-17-8-6-11/h2-4,10-11,17H,5-9H2,1H3,(H,19,20). The summed E-state index contributed by atoms with van der Waals surface area (Å²) in [5.74, 6) is 1.06. The number of fused-ring (bicyclic) bond motifs is 1. The highest BCUT2D eigenvalue weighted by atomic mass is 16.7. The van der Waals surface area contributed by atoms with Gasteiger partial charge in [0.2, 0.25) is 5.88 Å². The molecule has 1 aliphatic heterocycles. The number of nitrogens with one attached hydrogen (secondary N) is 1. The van der Waals surface area contributed by atoms with Crippen LogP contribution in [-0.4, -0.2) is 28.9 Å². The van der Waals surface area contributed by atoms with Gasteiger partial charge in [-0.25, -0.2) is 4.79 Å². The Morgan fingerprint density at radius 1 is 1.43 bits per heavy atom. The first-order valence-electron chi connectivity index (χ1n) is 7.34. The summed E-state index contributed by atoms with van der Waals surface area (Å²) in [6.07, 6.45) is 2.14. The summed E-state index contributed by atoms with van der Waals surface area (Å²) in [7, 11) is 1.85. The molecule has 1 aromatic heterocycles. The number of hydrogen-bond donors (Lipinski definition) is 2. The number of aromatic nitrogens is 1. The van der Waals surface area contributed by atoms with Crippen LogP contribution in [0.5, 0.6) is 5.88 Å². The van der Waals surface area contributed by atoms with Crippen LogP contribution >= 0.6 is 0 Å². The highest BCUT2D eigenvalue weighted by molar-refractivity contribution is 5.86. The second-order valence-electron chi connectivity index (χ2n) is 5.66. The summed E-state index contributed by atoms with van der Waals surface area (Å²) >= 11 is 0. The van der Waals surface area contributed by atoms with Gasteiger partial charge in [0.05, 0.1) is 5.52 Å². The molecule has 0 bridgehead atoms. The van der Waals surface area contributed by atoms with Gasteiger partial charge in [-0.05, 0) is 43.8 Å². The number of rotatable bonds is 3. The van der Waals surface area contributed by atoms with Crippen LogP contribution in [-0.2, 0) is 13.5 Å².